The van der Waals surface area contributed by atoms with Gasteiger partial charge in [-0.15, -0.1) is 0 Å². The van der Waals surface area contributed by atoms with Gasteiger partial charge in [0.1, 0.15) is 5.75 Å². The summed E-state index contributed by atoms with van der Waals surface area (Å²) in [5.41, 5.74) is 0.451. The minimum absolute atomic E-state index is 0.164. The van der Waals surface area contributed by atoms with Crippen molar-refractivity contribution in [2.75, 3.05) is 7.11 Å². The zero-order valence-corrected chi connectivity index (χ0v) is 9.21. The molecule has 5 heteroatoms. The van der Waals surface area contributed by atoms with Crippen molar-refractivity contribution in [3.63, 3.8) is 0 Å². The molecule has 0 heterocycles. The van der Waals surface area contributed by atoms with Gasteiger partial charge in [0, 0.05) is 5.57 Å². The molecule has 5 nitrogen and oxygen atoms in total. The topological polar surface area (TPSA) is 83.8 Å². The minimum atomic E-state index is -1.23. The Morgan fingerprint density at radius 3 is 2.24 bits per heavy atom. The number of hydrogen-bond acceptors (Lipinski definition) is 3. The van der Waals surface area contributed by atoms with Crippen molar-refractivity contribution in [3.05, 3.63) is 35.4 Å². The minimum Gasteiger partial charge on any atom is -0.497 e. The fourth-order valence-corrected chi connectivity index (χ4v) is 1.25. The molecule has 0 radical (unpaired) electrons. The summed E-state index contributed by atoms with van der Waals surface area (Å²) in [5, 5.41) is 17.4. The van der Waals surface area contributed by atoms with Crippen LogP contribution in [0.25, 0.3) is 6.08 Å². The summed E-state index contributed by atoms with van der Waals surface area (Å²) in [7, 11) is 1.53. The van der Waals surface area contributed by atoms with Crippen molar-refractivity contribution in [3.8, 4) is 5.75 Å². The van der Waals surface area contributed by atoms with Crippen LogP contribution in [0.5, 0.6) is 5.75 Å². The van der Waals surface area contributed by atoms with E-state index in [2.05, 4.69) is 0 Å². The predicted molar refractivity (Wildman–Crippen MR) is 60.9 cm³/mol. The molecule has 0 unspecified atom stereocenters. The molecule has 2 N–H and O–H groups in total. The van der Waals surface area contributed by atoms with Crippen molar-refractivity contribution in [2.24, 2.45) is 0 Å². The number of benzene rings is 1. The van der Waals surface area contributed by atoms with Gasteiger partial charge in [0.15, 0.2) is 0 Å². The molecule has 0 fully saturated rings. The first-order valence-electron chi connectivity index (χ1n) is 4.82. The number of ether oxygens (including phenoxy) is 1. The quantitative estimate of drug-likeness (QED) is 0.759. The van der Waals surface area contributed by atoms with Gasteiger partial charge in [0.05, 0.1) is 13.5 Å². The van der Waals surface area contributed by atoms with E-state index >= 15 is 0 Å². The summed E-state index contributed by atoms with van der Waals surface area (Å²) >= 11 is 0. The van der Waals surface area contributed by atoms with Gasteiger partial charge in [-0.05, 0) is 23.8 Å². The lowest BCUT2D eigenvalue weighted by Gasteiger charge is -2.01. The second-order valence-corrected chi connectivity index (χ2v) is 3.32. The molecular formula is C12H12O5. The first-order valence-corrected chi connectivity index (χ1v) is 4.82. The van der Waals surface area contributed by atoms with Crippen LogP contribution in [0.4, 0.5) is 0 Å². The van der Waals surface area contributed by atoms with Gasteiger partial charge in [-0.2, -0.15) is 0 Å². The fourth-order valence-electron chi connectivity index (χ4n) is 1.25. The number of carbonyl (C=O) groups is 2. The summed E-state index contributed by atoms with van der Waals surface area (Å²) in [6.07, 6.45) is 0.817. The molecule has 0 amide bonds. The van der Waals surface area contributed by atoms with Gasteiger partial charge in [0.25, 0.3) is 0 Å². The highest BCUT2D eigenvalue weighted by Crippen LogP contribution is 2.15. The van der Waals surface area contributed by atoms with Crippen LogP contribution in [-0.4, -0.2) is 29.3 Å². The van der Waals surface area contributed by atoms with Gasteiger partial charge < -0.3 is 14.9 Å². The summed E-state index contributed by atoms with van der Waals surface area (Å²) in [5.74, 6) is -1.76. The molecule has 0 saturated heterocycles. The van der Waals surface area contributed by atoms with Gasteiger partial charge in [-0.3, -0.25) is 4.79 Å². The average Bonchev–Trinajstić information content (AvgIpc) is 2.28. The maximum absolute atomic E-state index is 10.8. The maximum atomic E-state index is 10.8. The van der Waals surface area contributed by atoms with Crippen molar-refractivity contribution in [2.45, 2.75) is 6.42 Å². The normalized spacial score (nSPS) is 11.0. The fraction of sp³-hybridized carbons (Fsp3) is 0.167. The Morgan fingerprint density at radius 2 is 1.82 bits per heavy atom. The first-order chi connectivity index (χ1) is 8.02. The number of methoxy groups -OCH3 is 1. The lowest BCUT2D eigenvalue weighted by Crippen LogP contribution is -2.06. The van der Waals surface area contributed by atoms with Crippen LogP contribution in [0.1, 0.15) is 12.0 Å². The van der Waals surface area contributed by atoms with Crippen LogP contribution in [0, 0.1) is 0 Å². The Labute approximate surface area is 98.0 Å². The highest BCUT2D eigenvalue weighted by Gasteiger charge is 2.11. The van der Waals surface area contributed by atoms with E-state index in [4.69, 9.17) is 14.9 Å². The summed E-state index contributed by atoms with van der Waals surface area (Å²) in [6.45, 7) is 0. The van der Waals surface area contributed by atoms with Gasteiger partial charge in [0.2, 0.25) is 0 Å². The Hall–Kier alpha value is -2.30. The second-order valence-electron chi connectivity index (χ2n) is 3.32. The average molecular weight is 236 g/mol. The summed E-state index contributed by atoms with van der Waals surface area (Å²) in [4.78, 5) is 21.3. The smallest absolute Gasteiger partial charge is 0.332 e. The monoisotopic (exact) mass is 236 g/mol. The molecule has 17 heavy (non-hydrogen) atoms. The van der Waals surface area contributed by atoms with Crippen molar-refractivity contribution < 1.29 is 24.5 Å². The van der Waals surface area contributed by atoms with E-state index in [0.29, 0.717) is 11.3 Å². The van der Waals surface area contributed by atoms with E-state index in [1.165, 1.54) is 13.2 Å². The van der Waals surface area contributed by atoms with Crippen LogP contribution in [0.3, 0.4) is 0 Å². The summed E-state index contributed by atoms with van der Waals surface area (Å²) in [6, 6.07) is 6.66. The molecule has 0 saturated carbocycles. The number of hydrogen-bond donors (Lipinski definition) is 2. The zero-order valence-electron chi connectivity index (χ0n) is 9.21. The van der Waals surface area contributed by atoms with Gasteiger partial charge in [-0.1, -0.05) is 12.1 Å². The van der Waals surface area contributed by atoms with E-state index in [1.54, 1.807) is 24.3 Å². The molecule has 0 aliphatic rings. The third-order valence-corrected chi connectivity index (χ3v) is 2.07. The zero-order chi connectivity index (χ0) is 12.8. The third-order valence-electron chi connectivity index (χ3n) is 2.07. The second kappa shape index (κ2) is 5.69. The number of rotatable bonds is 5. The van der Waals surface area contributed by atoms with Crippen LogP contribution in [0.15, 0.2) is 29.8 Å². The number of carboxylic acid groups (broad SMARTS) is 2. The van der Waals surface area contributed by atoms with Crippen LogP contribution >= 0.6 is 0 Å². The number of carboxylic acids is 2. The molecule has 0 atom stereocenters. The molecular weight excluding hydrogens is 224 g/mol. The van der Waals surface area contributed by atoms with Crippen LogP contribution in [0.2, 0.25) is 0 Å². The van der Waals surface area contributed by atoms with Crippen LogP contribution in [-0.2, 0) is 9.59 Å². The lowest BCUT2D eigenvalue weighted by molar-refractivity contribution is -0.139. The highest BCUT2D eigenvalue weighted by atomic mass is 16.5. The molecule has 0 bridgehead atoms. The molecule has 1 rings (SSSR count). The molecule has 0 aliphatic heterocycles. The van der Waals surface area contributed by atoms with Crippen LogP contribution < -0.4 is 4.74 Å². The van der Waals surface area contributed by atoms with Crippen molar-refractivity contribution >= 4 is 18.0 Å². The highest BCUT2D eigenvalue weighted by molar-refractivity contribution is 5.96. The van der Waals surface area contributed by atoms with E-state index in [-0.39, 0.29) is 5.57 Å². The Morgan fingerprint density at radius 1 is 1.24 bits per heavy atom. The molecule has 0 aromatic heterocycles. The van der Waals surface area contributed by atoms with Crippen molar-refractivity contribution in [1.82, 2.24) is 0 Å². The van der Waals surface area contributed by atoms with E-state index in [0.717, 1.165) is 0 Å². The molecule has 0 aliphatic carbocycles. The Bertz CT molecular complexity index is 444. The Balaban J connectivity index is 2.95. The third kappa shape index (κ3) is 3.98. The molecule has 1 aromatic carbocycles. The molecule has 0 spiro atoms. The standard InChI is InChI=1S/C12H12O5/c1-17-10-4-2-8(3-5-10)6-9(12(15)16)7-11(13)14/h2-6H,7H2,1H3,(H,13,14)(H,15,16)/b9-6-. The SMILES string of the molecule is COc1ccc(/C=C(/CC(=O)O)C(=O)O)cc1. The predicted octanol–water partition coefficient (Wildman–Crippen LogP) is 1.64. The Kier molecular flexibility index (Phi) is 4.28. The largest absolute Gasteiger partial charge is 0.497 e. The molecule has 1 aromatic rings. The van der Waals surface area contributed by atoms with Gasteiger partial charge in [-0.25, -0.2) is 4.79 Å². The summed E-state index contributed by atoms with van der Waals surface area (Å²) < 4.78 is 4.96. The van der Waals surface area contributed by atoms with E-state index < -0.39 is 18.4 Å². The first kappa shape index (κ1) is 12.8. The maximum Gasteiger partial charge on any atom is 0.332 e. The molecule has 90 valence electrons. The van der Waals surface area contributed by atoms with E-state index in [9.17, 15) is 9.59 Å². The van der Waals surface area contributed by atoms with E-state index in [1.807, 2.05) is 0 Å². The van der Waals surface area contributed by atoms with Crippen molar-refractivity contribution in [1.29, 1.82) is 0 Å². The lowest BCUT2D eigenvalue weighted by atomic mass is 10.1. The number of aliphatic carboxylic acids is 2. The van der Waals surface area contributed by atoms with Gasteiger partial charge >= 0.3 is 11.9 Å².